The van der Waals surface area contributed by atoms with E-state index >= 15 is 0 Å². The van der Waals surface area contributed by atoms with Gasteiger partial charge in [0.15, 0.2) is 0 Å². The van der Waals surface area contributed by atoms with Crippen LogP contribution in [0.1, 0.15) is 27.4 Å². The minimum Gasteiger partial charge on any atom is -0.368 e. The Bertz CT molecular complexity index is 1570. The van der Waals surface area contributed by atoms with Crippen LogP contribution in [0.4, 0.5) is 17.5 Å². The maximum atomic E-state index is 13.0. The number of amides is 1. The van der Waals surface area contributed by atoms with E-state index in [4.69, 9.17) is 0 Å². The molecule has 0 atom stereocenters. The van der Waals surface area contributed by atoms with Crippen LogP contribution in [0.2, 0.25) is 0 Å². The number of nitro groups is 1. The number of carbonyl (C=O) groups excluding carboxylic acids is 1. The number of rotatable bonds is 12. The first-order valence-corrected chi connectivity index (χ1v) is 13.5. The van der Waals surface area contributed by atoms with Crippen LogP contribution in [-0.4, -0.2) is 45.4 Å². The highest BCUT2D eigenvalue weighted by Gasteiger charge is 2.16. The summed E-state index contributed by atoms with van der Waals surface area (Å²) in [5.74, 6) is 0.902. The molecule has 2 heterocycles. The van der Waals surface area contributed by atoms with E-state index in [2.05, 4.69) is 55.2 Å². The molecular weight excluding hydrogens is 530 g/mol. The Morgan fingerprint density at radius 3 is 2.07 bits per heavy atom. The van der Waals surface area contributed by atoms with E-state index in [1.165, 1.54) is 12.3 Å². The van der Waals surface area contributed by atoms with Gasteiger partial charge >= 0.3 is 0 Å². The molecule has 0 spiro atoms. The van der Waals surface area contributed by atoms with Gasteiger partial charge in [-0.3, -0.25) is 14.9 Å². The third-order valence-electron chi connectivity index (χ3n) is 6.64. The van der Waals surface area contributed by atoms with Crippen molar-refractivity contribution >= 4 is 23.4 Å². The number of benzene rings is 3. The number of nitrogens with one attached hydrogen (secondary N) is 3. The predicted molar refractivity (Wildman–Crippen MR) is 162 cm³/mol. The van der Waals surface area contributed by atoms with Gasteiger partial charge in [-0.1, -0.05) is 72.8 Å². The summed E-state index contributed by atoms with van der Waals surface area (Å²) >= 11 is 0. The van der Waals surface area contributed by atoms with Crippen molar-refractivity contribution in [2.24, 2.45) is 0 Å². The minimum atomic E-state index is -0.487. The highest BCUT2D eigenvalue weighted by molar-refractivity contribution is 5.94. The largest absolute Gasteiger partial charge is 0.368 e. The standard InChI is InChI=1S/C32H29N7O3/c40-31(37-22-28(23-7-3-1-4-8-23)24-9-5-2-6-10-24)26-13-11-25(12-14-26)29-17-18-34-32(38-29)35-20-19-33-30-16-15-27(21-36-30)39(41)42/h1-18,21,28H,19-20,22H2,(H,33,36)(H,37,40)(H,34,35,38). The lowest BCUT2D eigenvalue weighted by Crippen LogP contribution is -2.28. The summed E-state index contributed by atoms with van der Waals surface area (Å²) in [4.78, 5) is 36.2. The van der Waals surface area contributed by atoms with Gasteiger partial charge in [-0.15, -0.1) is 0 Å². The third kappa shape index (κ3) is 7.30. The van der Waals surface area contributed by atoms with Crippen LogP contribution >= 0.6 is 0 Å². The van der Waals surface area contributed by atoms with E-state index in [-0.39, 0.29) is 17.5 Å². The van der Waals surface area contributed by atoms with Crippen molar-refractivity contribution in [1.82, 2.24) is 20.3 Å². The average Bonchev–Trinajstić information content (AvgIpc) is 3.04. The van der Waals surface area contributed by atoms with Gasteiger partial charge in [0.2, 0.25) is 5.95 Å². The van der Waals surface area contributed by atoms with E-state index in [1.54, 1.807) is 24.4 Å². The molecule has 0 saturated heterocycles. The topological polar surface area (TPSA) is 135 Å². The van der Waals surface area contributed by atoms with Crippen LogP contribution in [0, 0.1) is 10.1 Å². The number of nitrogens with zero attached hydrogens (tertiary/aromatic N) is 4. The fourth-order valence-corrected chi connectivity index (χ4v) is 4.46. The molecule has 10 nitrogen and oxygen atoms in total. The normalized spacial score (nSPS) is 10.7. The summed E-state index contributed by atoms with van der Waals surface area (Å²) < 4.78 is 0. The highest BCUT2D eigenvalue weighted by Crippen LogP contribution is 2.24. The van der Waals surface area contributed by atoms with Gasteiger partial charge in [0.05, 0.1) is 10.6 Å². The predicted octanol–water partition coefficient (Wildman–Crippen LogP) is 5.53. The monoisotopic (exact) mass is 559 g/mol. The van der Waals surface area contributed by atoms with Crippen LogP contribution in [0.5, 0.6) is 0 Å². The lowest BCUT2D eigenvalue weighted by atomic mass is 9.91. The van der Waals surface area contributed by atoms with Crippen molar-refractivity contribution in [3.63, 3.8) is 0 Å². The summed E-state index contributed by atoms with van der Waals surface area (Å²) in [5.41, 5.74) is 4.38. The molecule has 10 heteroatoms. The molecule has 0 aliphatic rings. The Morgan fingerprint density at radius 1 is 0.786 bits per heavy atom. The summed E-state index contributed by atoms with van der Waals surface area (Å²) in [6.45, 7) is 1.50. The molecule has 0 saturated carbocycles. The Balaban J connectivity index is 1.16. The average molecular weight is 560 g/mol. The Morgan fingerprint density at radius 2 is 1.45 bits per heavy atom. The molecule has 1 amide bonds. The minimum absolute atomic E-state index is 0.0446. The van der Waals surface area contributed by atoms with Gasteiger partial charge in [0, 0.05) is 48.9 Å². The number of aromatic nitrogens is 3. The second-order valence-electron chi connectivity index (χ2n) is 9.44. The molecule has 0 radical (unpaired) electrons. The first-order chi connectivity index (χ1) is 20.6. The van der Waals surface area contributed by atoms with Crippen molar-refractivity contribution in [2.45, 2.75) is 5.92 Å². The van der Waals surface area contributed by atoms with E-state index in [9.17, 15) is 14.9 Å². The first kappa shape index (κ1) is 27.9. The van der Waals surface area contributed by atoms with E-state index in [0.717, 1.165) is 22.4 Å². The number of hydrogen-bond acceptors (Lipinski definition) is 8. The van der Waals surface area contributed by atoms with Gasteiger partial charge < -0.3 is 16.0 Å². The maximum absolute atomic E-state index is 13.0. The van der Waals surface area contributed by atoms with Gasteiger partial charge in [0.1, 0.15) is 12.0 Å². The van der Waals surface area contributed by atoms with Crippen molar-refractivity contribution in [3.05, 3.63) is 142 Å². The van der Waals surface area contributed by atoms with Crippen LogP contribution in [0.15, 0.2) is 116 Å². The van der Waals surface area contributed by atoms with E-state index in [1.807, 2.05) is 54.6 Å². The summed E-state index contributed by atoms with van der Waals surface area (Å²) in [7, 11) is 0. The highest BCUT2D eigenvalue weighted by atomic mass is 16.6. The maximum Gasteiger partial charge on any atom is 0.287 e. The molecular formula is C32H29N7O3. The second kappa shape index (κ2) is 13.6. The fourth-order valence-electron chi connectivity index (χ4n) is 4.46. The lowest BCUT2D eigenvalue weighted by Gasteiger charge is -2.19. The summed E-state index contributed by atoms with van der Waals surface area (Å²) in [6, 6.07) is 32.4. The van der Waals surface area contributed by atoms with E-state index in [0.29, 0.717) is 37.0 Å². The molecule has 0 aliphatic heterocycles. The molecule has 0 bridgehead atoms. The van der Waals surface area contributed by atoms with Gasteiger partial charge in [-0.2, -0.15) is 0 Å². The molecule has 3 N–H and O–H groups in total. The van der Waals surface area contributed by atoms with Crippen molar-refractivity contribution < 1.29 is 9.72 Å². The Hall–Kier alpha value is -5.64. The molecule has 0 aliphatic carbocycles. The van der Waals surface area contributed by atoms with Crippen LogP contribution in [0.3, 0.4) is 0 Å². The van der Waals surface area contributed by atoms with Crippen molar-refractivity contribution in [2.75, 3.05) is 30.3 Å². The molecule has 3 aromatic carbocycles. The van der Waals surface area contributed by atoms with Crippen molar-refractivity contribution in [3.8, 4) is 11.3 Å². The zero-order valence-corrected chi connectivity index (χ0v) is 22.7. The number of carbonyl (C=O) groups is 1. The molecule has 0 unspecified atom stereocenters. The summed E-state index contributed by atoms with van der Waals surface area (Å²) in [6.07, 6.45) is 2.88. The molecule has 5 aromatic rings. The van der Waals surface area contributed by atoms with Crippen LogP contribution in [0.25, 0.3) is 11.3 Å². The molecule has 2 aromatic heterocycles. The zero-order valence-electron chi connectivity index (χ0n) is 22.7. The first-order valence-electron chi connectivity index (χ1n) is 13.5. The third-order valence-corrected chi connectivity index (χ3v) is 6.64. The SMILES string of the molecule is O=C(NCC(c1ccccc1)c1ccccc1)c1ccc(-c2ccnc(NCCNc3ccc([N+](=O)[O-])cn3)n2)cc1. The number of hydrogen-bond donors (Lipinski definition) is 3. The van der Waals surface area contributed by atoms with Crippen LogP contribution in [-0.2, 0) is 0 Å². The number of pyridine rings is 1. The quantitative estimate of drug-likeness (QED) is 0.103. The molecule has 42 heavy (non-hydrogen) atoms. The van der Waals surface area contributed by atoms with Gasteiger partial charge in [0.25, 0.3) is 11.6 Å². The number of anilines is 2. The van der Waals surface area contributed by atoms with E-state index < -0.39 is 4.92 Å². The zero-order chi connectivity index (χ0) is 29.1. The Kier molecular flexibility index (Phi) is 9.05. The van der Waals surface area contributed by atoms with Crippen LogP contribution < -0.4 is 16.0 Å². The fraction of sp³-hybridized carbons (Fsp3) is 0.125. The van der Waals surface area contributed by atoms with Gasteiger partial charge in [-0.05, 0) is 35.4 Å². The molecule has 0 fully saturated rings. The summed E-state index contributed by atoms with van der Waals surface area (Å²) in [5, 5.41) is 20.1. The van der Waals surface area contributed by atoms with Gasteiger partial charge in [-0.25, -0.2) is 15.0 Å². The molecule has 210 valence electrons. The second-order valence-corrected chi connectivity index (χ2v) is 9.44. The smallest absolute Gasteiger partial charge is 0.287 e. The lowest BCUT2D eigenvalue weighted by molar-refractivity contribution is -0.385. The molecule has 5 rings (SSSR count). The Labute approximate surface area is 243 Å². The van der Waals surface area contributed by atoms with Crippen molar-refractivity contribution in [1.29, 1.82) is 0 Å².